The predicted molar refractivity (Wildman–Crippen MR) is 61.3 cm³/mol. The molecule has 82 valence electrons. The number of halogens is 1. The fraction of sp³-hybridized carbons (Fsp3) is 0.100. The van der Waals surface area contributed by atoms with Gasteiger partial charge in [-0.3, -0.25) is 9.78 Å². The number of nitrogens with one attached hydrogen (secondary N) is 1. The van der Waals surface area contributed by atoms with E-state index in [2.05, 4.69) is 15.1 Å². The molecule has 0 aliphatic heterocycles. The Labute approximate surface area is 95.4 Å². The first-order valence-electron chi connectivity index (χ1n) is 4.50. The third-order valence-corrected chi connectivity index (χ3v) is 2.56. The number of oxime groups is 1. The molecule has 2 aromatic rings. The number of H-pyrrole nitrogens is 1. The minimum atomic E-state index is -0.402. The summed E-state index contributed by atoms with van der Waals surface area (Å²) in [6.45, 7) is 1.81. The standard InChI is InChI=1S/C10H8ClN3O2/c1-5-6-4-7(9(11)14-16)10(15)13-8(6)2-3-12-5/h2-4,16H,1H3,(H,13,15)/b14-9+. The van der Waals surface area contributed by atoms with Gasteiger partial charge in [-0.05, 0) is 19.1 Å². The molecule has 16 heavy (non-hydrogen) atoms. The van der Waals surface area contributed by atoms with Gasteiger partial charge in [0.15, 0.2) is 5.17 Å². The van der Waals surface area contributed by atoms with Crippen LogP contribution in [0.2, 0.25) is 0 Å². The molecule has 2 N–H and O–H groups in total. The summed E-state index contributed by atoms with van der Waals surface area (Å²) in [6, 6.07) is 3.25. The summed E-state index contributed by atoms with van der Waals surface area (Å²) in [5.41, 5.74) is 1.15. The van der Waals surface area contributed by atoms with E-state index in [9.17, 15) is 4.79 Å². The van der Waals surface area contributed by atoms with Crippen LogP contribution >= 0.6 is 11.6 Å². The van der Waals surface area contributed by atoms with Crippen LogP contribution in [-0.4, -0.2) is 20.3 Å². The van der Waals surface area contributed by atoms with E-state index in [0.717, 1.165) is 11.1 Å². The smallest absolute Gasteiger partial charge is 0.258 e. The van der Waals surface area contributed by atoms with Crippen LogP contribution < -0.4 is 5.56 Å². The number of aromatic amines is 1. The van der Waals surface area contributed by atoms with Gasteiger partial charge in [0.05, 0.1) is 11.1 Å². The van der Waals surface area contributed by atoms with E-state index in [4.69, 9.17) is 16.8 Å². The second-order valence-electron chi connectivity index (χ2n) is 3.26. The van der Waals surface area contributed by atoms with Crippen molar-refractivity contribution in [2.45, 2.75) is 6.92 Å². The highest BCUT2D eigenvalue weighted by atomic mass is 35.5. The first-order chi connectivity index (χ1) is 7.63. The molecule has 6 heteroatoms. The van der Waals surface area contributed by atoms with E-state index < -0.39 is 5.56 Å². The number of pyridine rings is 2. The molecule has 2 aromatic heterocycles. The molecule has 0 fully saturated rings. The second-order valence-corrected chi connectivity index (χ2v) is 3.62. The molecule has 0 radical (unpaired) electrons. The van der Waals surface area contributed by atoms with Crippen molar-refractivity contribution < 1.29 is 5.21 Å². The molecular weight excluding hydrogens is 230 g/mol. The van der Waals surface area contributed by atoms with Crippen molar-refractivity contribution >= 4 is 27.7 Å². The van der Waals surface area contributed by atoms with Crippen molar-refractivity contribution in [3.05, 3.63) is 39.9 Å². The summed E-state index contributed by atoms with van der Waals surface area (Å²) in [7, 11) is 0. The normalized spacial score (nSPS) is 12.0. The van der Waals surface area contributed by atoms with Gasteiger partial charge in [-0.1, -0.05) is 16.8 Å². The Morgan fingerprint density at radius 1 is 1.62 bits per heavy atom. The van der Waals surface area contributed by atoms with Crippen LogP contribution in [0.25, 0.3) is 10.9 Å². The molecule has 0 amide bonds. The van der Waals surface area contributed by atoms with Crippen molar-refractivity contribution in [1.82, 2.24) is 9.97 Å². The van der Waals surface area contributed by atoms with Crippen LogP contribution in [0.4, 0.5) is 0 Å². The SMILES string of the molecule is Cc1nccc2[nH]c(=O)c(/C(Cl)=N\O)cc12. The van der Waals surface area contributed by atoms with Gasteiger partial charge in [0, 0.05) is 17.3 Å². The van der Waals surface area contributed by atoms with Crippen molar-refractivity contribution in [2.75, 3.05) is 0 Å². The Balaban J connectivity index is 2.85. The first-order valence-corrected chi connectivity index (χ1v) is 4.88. The number of fused-ring (bicyclic) bond motifs is 1. The summed E-state index contributed by atoms with van der Waals surface area (Å²) in [5.74, 6) is 0. The number of aryl methyl sites for hydroxylation is 1. The topological polar surface area (TPSA) is 78.3 Å². The monoisotopic (exact) mass is 237 g/mol. The van der Waals surface area contributed by atoms with Crippen LogP contribution in [-0.2, 0) is 0 Å². The lowest BCUT2D eigenvalue weighted by Crippen LogP contribution is -2.15. The average molecular weight is 238 g/mol. The van der Waals surface area contributed by atoms with Crippen molar-refractivity contribution in [1.29, 1.82) is 0 Å². The molecule has 5 nitrogen and oxygen atoms in total. The fourth-order valence-electron chi connectivity index (χ4n) is 1.48. The van der Waals surface area contributed by atoms with Gasteiger partial charge in [-0.15, -0.1) is 0 Å². The molecule has 0 atom stereocenters. The molecule has 0 saturated carbocycles. The third-order valence-electron chi connectivity index (χ3n) is 2.28. The number of rotatable bonds is 1. The van der Waals surface area contributed by atoms with Gasteiger partial charge < -0.3 is 10.2 Å². The Bertz CT molecular complexity index is 633. The van der Waals surface area contributed by atoms with Crippen LogP contribution in [0.15, 0.2) is 28.3 Å². The van der Waals surface area contributed by atoms with E-state index in [1.54, 1.807) is 18.3 Å². The number of nitrogens with zero attached hydrogens (tertiary/aromatic N) is 2. The molecule has 0 spiro atoms. The number of hydrogen-bond donors (Lipinski definition) is 2. The molecule has 0 bridgehead atoms. The Morgan fingerprint density at radius 3 is 3.06 bits per heavy atom. The zero-order chi connectivity index (χ0) is 11.7. The summed E-state index contributed by atoms with van der Waals surface area (Å²) < 4.78 is 0. The Kier molecular flexibility index (Phi) is 2.62. The minimum absolute atomic E-state index is 0.118. The van der Waals surface area contributed by atoms with Crippen LogP contribution in [0.3, 0.4) is 0 Å². The quantitative estimate of drug-likeness (QED) is 0.449. The maximum atomic E-state index is 11.6. The summed E-state index contributed by atoms with van der Waals surface area (Å²) >= 11 is 5.61. The summed E-state index contributed by atoms with van der Waals surface area (Å²) in [5, 5.41) is 11.9. The van der Waals surface area contributed by atoms with Gasteiger partial charge in [0.25, 0.3) is 5.56 Å². The molecule has 0 unspecified atom stereocenters. The second kappa shape index (κ2) is 3.94. The van der Waals surface area contributed by atoms with Crippen molar-refractivity contribution in [3.8, 4) is 0 Å². The summed E-state index contributed by atoms with van der Waals surface area (Å²) in [4.78, 5) is 18.3. The van der Waals surface area contributed by atoms with E-state index in [1.165, 1.54) is 0 Å². The average Bonchev–Trinajstić information content (AvgIpc) is 2.28. The van der Waals surface area contributed by atoms with Gasteiger partial charge in [0.1, 0.15) is 0 Å². The highest BCUT2D eigenvalue weighted by molar-refractivity contribution is 6.69. The maximum Gasteiger partial charge on any atom is 0.258 e. The van der Waals surface area contributed by atoms with E-state index in [1.807, 2.05) is 6.92 Å². The largest absolute Gasteiger partial charge is 0.410 e. The third kappa shape index (κ3) is 1.65. The lowest BCUT2D eigenvalue weighted by atomic mass is 10.1. The lowest BCUT2D eigenvalue weighted by Gasteiger charge is -2.02. The van der Waals surface area contributed by atoms with Gasteiger partial charge in [-0.25, -0.2) is 0 Å². The van der Waals surface area contributed by atoms with Gasteiger partial charge in [0.2, 0.25) is 0 Å². The minimum Gasteiger partial charge on any atom is -0.410 e. The van der Waals surface area contributed by atoms with Crippen molar-refractivity contribution in [2.24, 2.45) is 5.16 Å². The van der Waals surface area contributed by atoms with Crippen LogP contribution in [0.1, 0.15) is 11.3 Å². The zero-order valence-electron chi connectivity index (χ0n) is 8.36. The molecule has 0 aliphatic carbocycles. The molecule has 2 rings (SSSR count). The lowest BCUT2D eigenvalue weighted by molar-refractivity contribution is 0.321. The summed E-state index contributed by atoms with van der Waals surface area (Å²) in [6.07, 6.45) is 1.61. The molecule has 0 aliphatic rings. The first kappa shape index (κ1) is 10.6. The maximum absolute atomic E-state index is 11.6. The predicted octanol–water partition coefficient (Wildman–Crippen LogP) is 1.61. The van der Waals surface area contributed by atoms with Gasteiger partial charge in [-0.2, -0.15) is 0 Å². The molecular formula is C10H8ClN3O2. The van der Waals surface area contributed by atoms with E-state index >= 15 is 0 Å². The van der Waals surface area contributed by atoms with Crippen LogP contribution in [0.5, 0.6) is 0 Å². The van der Waals surface area contributed by atoms with Gasteiger partial charge >= 0.3 is 0 Å². The zero-order valence-corrected chi connectivity index (χ0v) is 9.12. The Morgan fingerprint density at radius 2 is 2.38 bits per heavy atom. The molecule has 0 saturated heterocycles. The van der Waals surface area contributed by atoms with E-state index in [-0.39, 0.29) is 10.7 Å². The highest BCUT2D eigenvalue weighted by Gasteiger charge is 2.09. The highest BCUT2D eigenvalue weighted by Crippen LogP contribution is 2.14. The number of aromatic nitrogens is 2. The van der Waals surface area contributed by atoms with Crippen molar-refractivity contribution in [3.63, 3.8) is 0 Å². The van der Waals surface area contributed by atoms with E-state index in [0.29, 0.717) is 5.52 Å². The van der Waals surface area contributed by atoms with Crippen LogP contribution in [0, 0.1) is 6.92 Å². The molecule has 0 aromatic carbocycles. The Hall–Kier alpha value is -1.88. The number of hydrogen-bond acceptors (Lipinski definition) is 4. The fourth-order valence-corrected chi connectivity index (χ4v) is 1.62. The molecule has 2 heterocycles.